The molecule has 0 aliphatic rings. The van der Waals surface area contributed by atoms with E-state index in [9.17, 15) is 13.2 Å². The first-order valence-electron chi connectivity index (χ1n) is 10.0. The molecule has 7 heteroatoms. The Bertz CT molecular complexity index is 989. The molecule has 0 aromatic heterocycles. The van der Waals surface area contributed by atoms with Crippen LogP contribution in [0.3, 0.4) is 0 Å². The summed E-state index contributed by atoms with van der Waals surface area (Å²) in [5.74, 6) is 0.0810. The Labute approximate surface area is 180 Å². The highest BCUT2D eigenvalue weighted by molar-refractivity contribution is 7.92. The number of carbonyl (C=O) groups is 1. The van der Waals surface area contributed by atoms with Crippen LogP contribution >= 0.6 is 0 Å². The minimum atomic E-state index is -3.77. The molecule has 0 aliphatic heterocycles. The minimum Gasteiger partial charge on any atom is -0.377 e. The summed E-state index contributed by atoms with van der Waals surface area (Å²) in [6.45, 7) is 10.8. The molecule has 0 heterocycles. The van der Waals surface area contributed by atoms with Crippen LogP contribution < -0.4 is 14.9 Å². The first-order valence-corrected chi connectivity index (χ1v) is 11.5. The maximum absolute atomic E-state index is 12.9. The van der Waals surface area contributed by atoms with Crippen molar-refractivity contribution in [1.29, 1.82) is 0 Å². The van der Waals surface area contributed by atoms with E-state index in [1.807, 2.05) is 45.0 Å². The lowest BCUT2D eigenvalue weighted by Crippen LogP contribution is -2.29. The first-order chi connectivity index (χ1) is 13.8. The average Bonchev–Trinajstić information content (AvgIpc) is 2.65. The van der Waals surface area contributed by atoms with Crippen molar-refractivity contribution < 1.29 is 13.2 Å². The molecule has 0 radical (unpaired) electrons. The second kappa shape index (κ2) is 9.08. The summed E-state index contributed by atoms with van der Waals surface area (Å²) >= 11 is 0. The van der Waals surface area contributed by atoms with Crippen LogP contribution in [0.5, 0.6) is 0 Å². The molecule has 0 spiro atoms. The summed E-state index contributed by atoms with van der Waals surface area (Å²) in [4.78, 5) is 14.7. The lowest BCUT2D eigenvalue weighted by Gasteiger charge is -2.20. The molecule has 0 saturated heterocycles. The second-order valence-corrected chi connectivity index (χ2v) is 10.8. The number of sulfonamides is 1. The number of carbonyl (C=O) groups excluding carboxylic acids is 1. The van der Waals surface area contributed by atoms with Gasteiger partial charge >= 0.3 is 0 Å². The molecule has 2 aromatic rings. The van der Waals surface area contributed by atoms with E-state index in [0.29, 0.717) is 29.4 Å². The van der Waals surface area contributed by atoms with Gasteiger partial charge in [-0.2, -0.15) is 0 Å². The fourth-order valence-corrected chi connectivity index (χ4v) is 3.96. The topological polar surface area (TPSA) is 78.5 Å². The van der Waals surface area contributed by atoms with Crippen molar-refractivity contribution in [2.45, 2.75) is 44.9 Å². The van der Waals surface area contributed by atoms with Crippen LogP contribution in [0.25, 0.3) is 0 Å². The SMILES string of the molecule is CC(C)CNC(=O)c1cc(NS(=O)(=O)c2ccc(C(C)(C)C)cc2)ccc1N(C)C. The lowest BCUT2D eigenvalue weighted by atomic mass is 9.87. The molecule has 164 valence electrons. The molecule has 0 unspecified atom stereocenters. The van der Waals surface area contributed by atoms with E-state index >= 15 is 0 Å². The third-order valence-corrected chi connectivity index (χ3v) is 6.07. The van der Waals surface area contributed by atoms with Crippen LogP contribution in [0.1, 0.15) is 50.5 Å². The van der Waals surface area contributed by atoms with E-state index in [1.54, 1.807) is 30.3 Å². The highest BCUT2D eigenvalue weighted by Crippen LogP contribution is 2.27. The maximum atomic E-state index is 12.9. The number of hydrogen-bond donors (Lipinski definition) is 2. The van der Waals surface area contributed by atoms with Crippen molar-refractivity contribution in [3.05, 3.63) is 53.6 Å². The molecule has 2 N–H and O–H groups in total. The normalized spacial score (nSPS) is 12.0. The molecule has 1 amide bonds. The Kier molecular flexibility index (Phi) is 7.18. The van der Waals surface area contributed by atoms with Gasteiger partial charge in [0.15, 0.2) is 0 Å². The van der Waals surface area contributed by atoms with Gasteiger partial charge in [0.05, 0.1) is 10.5 Å². The summed E-state index contributed by atoms with van der Waals surface area (Å²) in [5.41, 5.74) is 2.48. The third kappa shape index (κ3) is 5.98. The molecule has 0 aliphatic carbocycles. The number of amides is 1. The number of rotatable bonds is 7. The Morgan fingerprint density at radius 3 is 2.13 bits per heavy atom. The zero-order valence-corrected chi connectivity index (χ0v) is 19.7. The maximum Gasteiger partial charge on any atom is 0.261 e. The van der Waals surface area contributed by atoms with Crippen molar-refractivity contribution >= 4 is 27.3 Å². The van der Waals surface area contributed by atoms with Crippen molar-refractivity contribution in [1.82, 2.24) is 5.32 Å². The summed E-state index contributed by atoms with van der Waals surface area (Å²) < 4.78 is 28.3. The third-order valence-electron chi connectivity index (χ3n) is 4.68. The highest BCUT2D eigenvalue weighted by atomic mass is 32.2. The van der Waals surface area contributed by atoms with Crippen LogP contribution in [-0.2, 0) is 15.4 Å². The Morgan fingerprint density at radius 2 is 1.63 bits per heavy atom. The quantitative estimate of drug-likeness (QED) is 0.687. The second-order valence-electron chi connectivity index (χ2n) is 9.11. The Balaban J connectivity index is 2.33. The highest BCUT2D eigenvalue weighted by Gasteiger charge is 2.20. The number of hydrogen-bond acceptors (Lipinski definition) is 4. The molecular formula is C23H33N3O3S. The van der Waals surface area contributed by atoms with Gasteiger partial charge in [-0.1, -0.05) is 46.8 Å². The summed E-state index contributed by atoms with van der Waals surface area (Å²) in [5, 5.41) is 2.89. The Hall–Kier alpha value is -2.54. The van der Waals surface area contributed by atoms with Crippen LogP contribution in [0.4, 0.5) is 11.4 Å². The molecule has 6 nitrogen and oxygen atoms in total. The largest absolute Gasteiger partial charge is 0.377 e. The van der Waals surface area contributed by atoms with E-state index in [1.165, 1.54) is 0 Å². The van der Waals surface area contributed by atoms with Gasteiger partial charge in [0.2, 0.25) is 0 Å². The van der Waals surface area contributed by atoms with E-state index in [2.05, 4.69) is 30.8 Å². The minimum absolute atomic E-state index is 0.0595. The van der Waals surface area contributed by atoms with Crippen molar-refractivity contribution in [2.75, 3.05) is 30.3 Å². The predicted octanol–water partition coefficient (Wildman–Crippen LogP) is 4.24. The fourth-order valence-electron chi connectivity index (χ4n) is 2.91. The van der Waals surface area contributed by atoms with Gasteiger partial charge in [0.1, 0.15) is 0 Å². The van der Waals surface area contributed by atoms with Gasteiger partial charge in [0.25, 0.3) is 15.9 Å². The van der Waals surface area contributed by atoms with Crippen LogP contribution in [0.2, 0.25) is 0 Å². The van der Waals surface area contributed by atoms with Crippen LogP contribution in [0, 0.1) is 5.92 Å². The molecule has 2 aromatic carbocycles. The lowest BCUT2D eigenvalue weighted by molar-refractivity contribution is 0.0949. The molecular weight excluding hydrogens is 398 g/mol. The zero-order chi connectivity index (χ0) is 22.7. The van der Waals surface area contributed by atoms with Gasteiger partial charge in [-0.05, 0) is 47.2 Å². The molecule has 0 fully saturated rings. The number of benzene rings is 2. The van der Waals surface area contributed by atoms with Crippen LogP contribution in [0.15, 0.2) is 47.4 Å². The first kappa shape index (κ1) is 23.7. The van der Waals surface area contributed by atoms with E-state index in [0.717, 1.165) is 5.56 Å². The standard InChI is InChI=1S/C23H33N3O3S/c1-16(2)15-24-22(27)20-14-18(10-13-21(20)26(6)7)25-30(28,29)19-11-8-17(9-12-19)23(3,4)5/h8-14,16,25H,15H2,1-7H3,(H,24,27). The molecule has 0 bridgehead atoms. The zero-order valence-electron chi connectivity index (χ0n) is 18.9. The summed E-state index contributed by atoms with van der Waals surface area (Å²) in [6, 6.07) is 11.8. The smallest absolute Gasteiger partial charge is 0.261 e. The molecule has 0 atom stereocenters. The van der Waals surface area contributed by atoms with Crippen LogP contribution in [-0.4, -0.2) is 35.0 Å². The number of anilines is 2. The number of nitrogens with one attached hydrogen (secondary N) is 2. The van der Waals surface area contributed by atoms with Gasteiger partial charge in [-0.25, -0.2) is 8.42 Å². The Morgan fingerprint density at radius 1 is 1.03 bits per heavy atom. The van der Waals surface area contributed by atoms with E-state index < -0.39 is 10.0 Å². The van der Waals surface area contributed by atoms with Gasteiger partial charge in [0, 0.05) is 32.0 Å². The molecule has 30 heavy (non-hydrogen) atoms. The van der Waals surface area contributed by atoms with Gasteiger partial charge in [-0.3, -0.25) is 9.52 Å². The fraction of sp³-hybridized carbons (Fsp3) is 0.435. The monoisotopic (exact) mass is 431 g/mol. The summed E-state index contributed by atoms with van der Waals surface area (Å²) in [7, 11) is -0.0873. The molecule has 2 rings (SSSR count). The summed E-state index contributed by atoms with van der Waals surface area (Å²) in [6.07, 6.45) is 0. The molecule has 0 saturated carbocycles. The van der Waals surface area contributed by atoms with E-state index in [-0.39, 0.29) is 16.2 Å². The van der Waals surface area contributed by atoms with Gasteiger partial charge in [-0.15, -0.1) is 0 Å². The van der Waals surface area contributed by atoms with Gasteiger partial charge < -0.3 is 10.2 Å². The average molecular weight is 432 g/mol. The van der Waals surface area contributed by atoms with Crippen molar-refractivity contribution in [2.24, 2.45) is 5.92 Å². The van der Waals surface area contributed by atoms with Crippen molar-refractivity contribution in [3.63, 3.8) is 0 Å². The van der Waals surface area contributed by atoms with Crippen molar-refractivity contribution in [3.8, 4) is 0 Å². The number of nitrogens with zero attached hydrogens (tertiary/aromatic N) is 1. The van der Waals surface area contributed by atoms with E-state index in [4.69, 9.17) is 0 Å². The predicted molar refractivity (Wildman–Crippen MR) is 124 cm³/mol.